The molecule has 11 heteroatoms. The molecule has 0 saturated carbocycles. The van der Waals surface area contributed by atoms with Gasteiger partial charge in [-0.2, -0.15) is 0 Å². The minimum Gasteiger partial charge on any atom is -0.493 e. The van der Waals surface area contributed by atoms with Crippen LogP contribution >= 0.6 is 11.8 Å². The van der Waals surface area contributed by atoms with Crippen molar-refractivity contribution in [3.8, 4) is 11.5 Å². The van der Waals surface area contributed by atoms with Gasteiger partial charge in [0.05, 0.1) is 57.8 Å². The zero-order chi connectivity index (χ0) is 29.5. The molecule has 3 aliphatic heterocycles. The van der Waals surface area contributed by atoms with E-state index in [0.717, 1.165) is 36.5 Å². The first-order valence-electron chi connectivity index (χ1n) is 14.0. The molecule has 2 aromatic rings. The molecule has 10 nitrogen and oxygen atoms in total. The van der Waals surface area contributed by atoms with Crippen LogP contribution in [0.25, 0.3) is 5.70 Å². The van der Waals surface area contributed by atoms with E-state index in [1.165, 1.54) is 11.8 Å². The zero-order valence-electron chi connectivity index (χ0n) is 24.1. The quantitative estimate of drug-likeness (QED) is 0.390. The Labute approximate surface area is 250 Å². The normalized spacial score (nSPS) is 18.6. The number of nitrogens with zero attached hydrogens (tertiary/aromatic N) is 3. The van der Waals surface area contributed by atoms with Crippen molar-refractivity contribution in [3.63, 3.8) is 0 Å². The second-order valence-corrected chi connectivity index (χ2v) is 10.7. The monoisotopic (exact) mass is 592 g/mol. The molecule has 42 heavy (non-hydrogen) atoms. The highest BCUT2D eigenvalue weighted by Crippen LogP contribution is 2.48. The molecule has 1 saturated heterocycles. The fourth-order valence-corrected chi connectivity index (χ4v) is 6.15. The number of esters is 1. The lowest BCUT2D eigenvalue weighted by molar-refractivity contribution is -0.139. The smallest absolute Gasteiger partial charge is 0.338 e. The van der Waals surface area contributed by atoms with Crippen molar-refractivity contribution < 1.29 is 28.5 Å². The number of hydrogen-bond donors (Lipinski definition) is 1. The lowest BCUT2D eigenvalue weighted by atomic mass is 9.91. The number of carbonyl (C=O) groups excluding carboxylic acids is 2. The molecule has 3 heterocycles. The first-order valence-corrected chi connectivity index (χ1v) is 14.9. The molecule has 1 atom stereocenters. The van der Waals surface area contributed by atoms with Crippen LogP contribution in [0.2, 0.25) is 0 Å². The molecule has 3 aliphatic rings. The minimum absolute atomic E-state index is 0.0991. The zero-order valence-corrected chi connectivity index (χ0v) is 24.9. The summed E-state index contributed by atoms with van der Waals surface area (Å²) in [4.78, 5) is 36.0. The van der Waals surface area contributed by atoms with Crippen molar-refractivity contribution >= 4 is 34.5 Å². The van der Waals surface area contributed by atoms with Gasteiger partial charge in [-0.25, -0.2) is 9.79 Å². The van der Waals surface area contributed by atoms with Gasteiger partial charge in [0, 0.05) is 37.4 Å². The average molecular weight is 593 g/mol. The highest BCUT2D eigenvalue weighted by atomic mass is 32.2. The summed E-state index contributed by atoms with van der Waals surface area (Å²) in [7, 11) is 3.15. The molecule has 1 N–H and O–H groups in total. The van der Waals surface area contributed by atoms with E-state index in [4.69, 9.17) is 23.9 Å². The lowest BCUT2D eigenvalue weighted by Crippen LogP contribution is -2.42. The summed E-state index contributed by atoms with van der Waals surface area (Å²) in [6.45, 7) is 6.47. The molecule has 0 aliphatic carbocycles. The maximum absolute atomic E-state index is 13.7. The second kappa shape index (κ2) is 13.9. The highest BCUT2D eigenvalue weighted by Gasteiger charge is 2.42. The summed E-state index contributed by atoms with van der Waals surface area (Å²) in [5.41, 5.74) is 3.25. The van der Waals surface area contributed by atoms with E-state index in [-0.39, 0.29) is 18.9 Å². The number of methoxy groups -OCH3 is 2. The van der Waals surface area contributed by atoms with Crippen LogP contribution in [0.15, 0.2) is 70.2 Å². The van der Waals surface area contributed by atoms with E-state index in [1.807, 2.05) is 58.8 Å². The van der Waals surface area contributed by atoms with Crippen LogP contribution in [0.5, 0.6) is 11.5 Å². The van der Waals surface area contributed by atoms with Crippen LogP contribution in [-0.4, -0.2) is 87.1 Å². The van der Waals surface area contributed by atoms with Gasteiger partial charge in [-0.15, -0.1) is 0 Å². The number of rotatable bonds is 11. The van der Waals surface area contributed by atoms with Crippen molar-refractivity contribution in [2.45, 2.75) is 19.4 Å². The maximum Gasteiger partial charge on any atom is 0.338 e. The summed E-state index contributed by atoms with van der Waals surface area (Å²) in [5.74, 6) is 0.534. The van der Waals surface area contributed by atoms with E-state index < -0.39 is 12.0 Å². The molecule has 0 aromatic heterocycles. The Balaban J connectivity index is 1.49. The third-order valence-electron chi connectivity index (χ3n) is 7.27. The molecular weight excluding hydrogens is 556 g/mol. The first kappa shape index (κ1) is 29.7. The van der Waals surface area contributed by atoms with Crippen LogP contribution in [0, 0.1) is 0 Å². The van der Waals surface area contributed by atoms with Gasteiger partial charge < -0.3 is 29.2 Å². The van der Waals surface area contributed by atoms with Gasteiger partial charge in [0.25, 0.3) is 0 Å². The number of amidine groups is 1. The Kier molecular flexibility index (Phi) is 9.83. The minimum atomic E-state index is -0.617. The van der Waals surface area contributed by atoms with Crippen molar-refractivity contribution in [1.82, 2.24) is 15.1 Å². The highest BCUT2D eigenvalue weighted by molar-refractivity contribution is 8.16. The number of amides is 1. The number of thioether (sulfide) groups is 1. The van der Waals surface area contributed by atoms with Crippen LogP contribution in [-0.2, 0) is 19.1 Å². The van der Waals surface area contributed by atoms with E-state index in [9.17, 15) is 9.59 Å². The van der Waals surface area contributed by atoms with Crippen LogP contribution in [0.4, 0.5) is 0 Å². The van der Waals surface area contributed by atoms with Crippen molar-refractivity contribution in [2.24, 2.45) is 4.99 Å². The molecular formula is C31H36N4O6S. The molecule has 0 bridgehead atoms. The number of ether oxygens (including phenoxy) is 4. The van der Waals surface area contributed by atoms with Gasteiger partial charge in [0.2, 0.25) is 5.91 Å². The van der Waals surface area contributed by atoms with Crippen molar-refractivity contribution in [1.29, 1.82) is 0 Å². The molecule has 2 aromatic carbocycles. The van der Waals surface area contributed by atoms with Gasteiger partial charge in [-0.05, 0) is 30.0 Å². The summed E-state index contributed by atoms with van der Waals surface area (Å²) < 4.78 is 22.1. The number of morpholine rings is 1. The average Bonchev–Trinajstić information content (AvgIpc) is 3.42. The summed E-state index contributed by atoms with van der Waals surface area (Å²) >= 11 is 1.43. The largest absolute Gasteiger partial charge is 0.493 e. The van der Waals surface area contributed by atoms with E-state index in [0.29, 0.717) is 47.7 Å². The number of nitrogens with one attached hydrogen (secondary N) is 1. The SMILES string of the molecule is CCOC(=O)C1=C(c2ccccc2)N=C2SC=C(CC(=O)NCCN3CCOCC3)N2[C@@H]1c1ccc(OC)c(OC)c1. The molecule has 1 amide bonds. The summed E-state index contributed by atoms with van der Waals surface area (Å²) in [5, 5.41) is 5.66. The van der Waals surface area contributed by atoms with Gasteiger partial charge in [0.1, 0.15) is 0 Å². The predicted molar refractivity (Wildman–Crippen MR) is 162 cm³/mol. The summed E-state index contributed by atoms with van der Waals surface area (Å²) in [6, 6.07) is 14.6. The van der Waals surface area contributed by atoms with Crippen LogP contribution in [0.1, 0.15) is 30.5 Å². The standard InChI is InChI=1S/C31H36N4O6S/c1-4-41-30(37)27-28(21-8-6-5-7-9-21)33-31-35(29(27)22-10-11-24(38-2)25(18-22)39-3)23(20-42-31)19-26(36)32-12-13-34-14-16-40-17-15-34/h5-11,18,20,29H,4,12-17,19H2,1-3H3,(H,32,36)/t29-/m1/s1. The fourth-order valence-electron chi connectivity index (χ4n) is 5.23. The van der Waals surface area contributed by atoms with Crippen LogP contribution < -0.4 is 14.8 Å². The Morgan fingerprint density at radius 3 is 2.55 bits per heavy atom. The van der Waals surface area contributed by atoms with Gasteiger partial charge in [-0.3, -0.25) is 9.69 Å². The summed E-state index contributed by atoms with van der Waals surface area (Å²) in [6.07, 6.45) is 0.135. The number of carbonyl (C=O) groups is 2. The van der Waals surface area contributed by atoms with E-state index >= 15 is 0 Å². The Morgan fingerprint density at radius 2 is 1.83 bits per heavy atom. The van der Waals surface area contributed by atoms with Crippen molar-refractivity contribution in [2.75, 3.05) is 60.2 Å². The molecule has 0 unspecified atom stereocenters. The van der Waals surface area contributed by atoms with E-state index in [1.54, 1.807) is 21.1 Å². The molecule has 5 rings (SSSR count). The Bertz CT molecular complexity index is 1390. The maximum atomic E-state index is 13.7. The number of benzene rings is 2. The topological polar surface area (TPSA) is 102 Å². The van der Waals surface area contributed by atoms with Crippen molar-refractivity contribution in [3.05, 3.63) is 76.3 Å². The van der Waals surface area contributed by atoms with E-state index in [2.05, 4.69) is 10.2 Å². The number of hydrogen-bond acceptors (Lipinski definition) is 10. The molecule has 0 radical (unpaired) electrons. The number of aliphatic imine (C=N–C) groups is 1. The van der Waals surface area contributed by atoms with Gasteiger partial charge in [-0.1, -0.05) is 48.2 Å². The predicted octanol–water partition coefficient (Wildman–Crippen LogP) is 3.82. The first-order chi connectivity index (χ1) is 20.5. The molecule has 0 spiro atoms. The molecule has 222 valence electrons. The second-order valence-electron chi connectivity index (χ2n) is 9.84. The number of fused-ring (bicyclic) bond motifs is 1. The third-order valence-corrected chi connectivity index (χ3v) is 8.16. The molecule has 1 fully saturated rings. The third kappa shape index (κ3) is 6.48. The van der Waals surface area contributed by atoms with Crippen LogP contribution in [0.3, 0.4) is 0 Å². The van der Waals surface area contributed by atoms with Gasteiger partial charge >= 0.3 is 5.97 Å². The Hall–Kier alpha value is -3.80. The lowest BCUT2D eigenvalue weighted by Gasteiger charge is -2.37. The van der Waals surface area contributed by atoms with Gasteiger partial charge in [0.15, 0.2) is 16.7 Å². The Morgan fingerprint density at radius 1 is 1.07 bits per heavy atom. The fraction of sp³-hybridized carbons (Fsp3) is 0.387.